The molecule has 32 heavy (non-hydrogen) atoms. The van der Waals surface area contributed by atoms with E-state index in [4.69, 9.17) is 21.1 Å². The van der Waals surface area contributed by atoms with E-state index < -0.39 is 12.0 Å². The van der Waals surface area contributed by atoms with Gasteiger partial charge in [-0.15, -0.1) is 5.10 Å². The lowest BCUT2D eigenvalue weighted by atomic mass is 10.1. The zero-order chi connectivity index (χ0) is 23.0. The molecule has 3 aromatic rings. The summed E-state index contributed by atoms with van der Waals surface area (Å²) in [6, 6.07) is 3.58. The van der Waals surface area contributed by atoms with Gasteiger partial charge in [0.25, 0.3) is 11.6 Å². The van der Waals surface area contributed by atoms with Crippen LogP contribution in [0.2, 0.25) is 5.02 Å². The highest BCUT2D eigenvalue weighted by atomic mass is 35.5. The third-order valence-corrected chi connectivity index (χ3v) is 5.31. The molecule has 4 rings (SSSR count). The van der Waals surface area contributed by atoms with Gasteiger partial charge in [0.1, 0.15) is 13.2 Å². The molecular formula is C20H19ClF3N5O3. The van der Waals surface area contributed by atoms with Crippen LogP contribution in [0.1, 0.15) is 28.3 Å². The number of rotatable bonds is 5. The quantitative estimate of drug-likeness (QED) is 0.617. The van der Waals surface area contributed by atoms with Gasteiger partial charge >= 0.3 is 6.18 Å². The van der Waals surface area contributed by atoms with Crippen LogP contribution in [0.4, 0.5) is 13.2 Å². The summed E-state index contributed by atoms with van der Waals surface area (Å²) >= 11 is 6.23. The number of ether oxygens (including phenoxy) is 2. The summed E-state index contributed by atoms with van der Waals surface area (Å²) < 4.78 is 50.8. The summed E-state index contributed by atoms with van der Waals surface area (Å²) in [5.41, 5.74) is 2.17. The predicted molar refractivity (Wildman–Crippen MR) is 108 cm³/mol. The van der Waals surface area contributed by atoms with Crippen LogP contribution in [0.25, 0.3) is 5.78 Å². The number of hydrogen-bond acceptors (Lipinski definition) is 6. The smallest absolute Gasteiger partial charge is 0.453 e. The SMILES string of the molecule is Cc1nc2nc(C(F)(F)F)nn2c(C)c1CC(=O)NCCc1cc(Cl)c2c(c1)OCCO2. The van der Waals surface area contributed by atoms with Gasteiger partial charge in [0.2, 0.25) is 5.91 Å². The second-order valence-electron chi connectivity index (χ2n) is 7.28. The molecular weight excluding hydrogens is 451 g/mol. The molecule has 0 radical (unpaired) electrons. The van der Waals surface area contributed by atoms with Crippen molar-refractivity contribution in [3.05, 3.63) is 45.5 Å². The zero-order valence-corrected chi connectivity index (χ0v) is 18.0. The first-order chi connectivity index (χ1) is 15.1. The lowest BCUT2D eigenvalue weighted by Crippen LogP contribution is -2.28. The minimum atomic E-state index is -4.68. The van der Waals surface area contributed by atoms with E-state index in [1.807, 2.05) is 6.07 Å². The van der Waals surface area contributed by atoms with Crippen LogP contribution < -0.4 is 14.8 Å². The summed E-state index contributed by atoms with van der Waals surface area (Å²) in [5, 5.41) is 6.74. The molecule has 8 nitrogen and oxygen atoms in total. The molecule has 0 aliphatic carbocycles. The van der Waals surface area contributed by atoms with Crippen molar-refractivity contribution in [3.63, 3.8) is 0 Å². The fourth-order valence-corrected chi connectivity index (χ4v) is 3.75. The molecule has 0 spiro atoms. The molecule has 0 unspecified atom stereocenters. The van der Waals surface area contributed by atoms with Crippen LogP contribution in [0.5, 0.6) is 11.5 Å². The van der Waals surface area contributed by atoms with Crippen LogP contribution in [-0.2, 0) is 23.8 Å². The van der Waals surface area contributed by atoms with Gasteiger partial charge in [0, 0.05) is 23.5 Å². The summed E-state index contributed by atoms with van der Waals surface area (Å²) in [6.45, 7) is 4.42. The third-order valence-electron chi connectivity index (χ3n) is 5.03. The Labute approximate surface area is 185 Å². The maximum atomic E-state index is 12.9. The number of aryl methyl sites for hydroxylation is 2. The van der Waals surface area contributed by atoms with Crippen molar-refractivity contribution in [2.75, 3.05) is 19.8 Å². The molecule has 2 aromatic heterocycles. The van der Waals surface area contributed by atoms with E-state index in [0.29, 0.717) is 59.7 Å². The second-order valence-corrected chi connectivity index (χ2v) is 7.69. The van der Waals surface area contributed by atoms with Crippen LogP contribution in [0.3, 0.4) is 0 Å². The van der Waals surface area contributed by atoms with E-state index >= 15 is 0 Å². The number of carbonyl (C=O) groups excluding carboxylic acids is 1. The highest BCUT2D eigenvalue weighted by Gasteiger charge is 2.37. The molecule has 1 aliphatic rings. The Morgan fingerprint density at radius 3 is 2.72 bits per heavy atom. The van der Waals surface area contributed by atoms with E-state index in [9.17, 15) is 18.0 Å². The van der Waals surface area contributed by atoms with Crippen molar-refractivity contribution >= 4 is 23.3 Å². The Morgan fingerprint density at radius 1 is 1.22 bits per heavy atom. The van der Waals surface area contributed by atoms with E-state index in [1.54, 1.807) is 19.9 Å². The maximum Gasteiger partial charge on any atom is 0.453 e. The standard InChI is InChI=1S/C20H19ClF3N5O3/c1-10-13(11(2)29-19(26-10)27-18(28-29)20(22,23)24)9-16(30)25-4-3-12-7-14(21)17-15(8-12)31-5-6-32-17/h7-8H,3-6,9H2,1-2H3,(H,25,30). The van der Waals surface area contributed by atoms with Crippen LogP contribution in [-0.4, -0.2) is 45.2 Å². The molecule has 170 valence electrons. The van der Waals surface area contributed by atoms with Gasteiger partial charge in [0.15, 0.2) is 11.5 Å². The van der Waals surface area contributed by atoms with Crippen molar-refractivity contribution in [1.82, 2.24) is 24.9 Å². The fourth-order valence-electron chi connectivity index (χ4n) is 3.46. The molecule has 1 aromatic carbocycles. The minimum absolute atomic E-state index is 0.0519. The molecule has 0 fully saturated rings. The predicted octanol–water partition coefficient (Wildman–Crippen LogP) is 3.09. The summed E-state index contributed by atoms with van der Waals surface area (Å²) in [4.78, 5) is 20.0. The van der Waals surface area contributed by atoms with Crippen molar-refractivity contribution in [3.8, 4) is 11.5 Å². The lowest BCUT2D eigenvalue weighted by molar-refractivity contribution is -0.144. The summed E-state index contributed by atoms with van der Waals surface area (Å²) in [5.74, 6) is -0.639. The number of nitrogens with zero attached hydrogens (tertiary/aromatic N) is 4. The van der Waals surface area contributed by atoms with Crippen LogP contribution >= 0.6 is 11.6 Å². The lowest BCUT2D eigenvalue weighted by Gasteiger charge is -2.20. The van der Waals surface area contributed by atoms with Gasteiger partial charge in [-0.1, -0.05) is 11.6 Å². The fraction of sp³-hybridized carbons (Fsp3) is 0.400. The number of alkyl halides is 3. The molecule has 0 atom stereocenters. The molecule has 3 heterocycles. The van der Waals surface area contributed by atoms with Crippen LogP contribution in [0.15, 0.2) is 12.1 Å². The summed E-state index contributed by atoms with van der Waals surface area (Å²) in [7, 11) is 0. The van der Waals surface area contributed by atoms with Crippen molar-refractivity contribution < 1.29 is 27.4 Å². The number of aromatic nitrogens is 4. The van der Waals surface area contributed by atoms with Gasteiger partial charge in [-0.05, 0) is 38.0 Å². The molecule has 1 amide bonds. The normalized spacial score (nSPS) is 13.4. The Hall–Kier alpha value is -3.08. The Bertz CT molecular complexity index is 1200. The van der Waals surface area contributed by atoms with Gasteiger partial charge in [-0.2, -0.15) is 18.2 Å². The number of fused-ring (bicyclic) bond motifs is 2. The molecule has 0 bridgehead atoms. The zero-order valence-electron chi connectivity index (χ0n) is 17.2. The third kappa shape index (κ3) is 4.43. The number of benzene rings is 1. The highest BCUT2D eigenvalue weighted by molar-refractivity contribution is 6.32. The van der Waals surface area contributed by atoms with Gasteiger partial charge < -0.3 is 14.8 Å². The highest BCUT2D eigenvalue weighted by Crippen LogP contribution is 2.38. The maximum absolute atomic E-state index is 12.9. The Morgan fingerprint density at radius 2 is 1.97 bits per heavy atom. The van der Waals surface area contributed by atoms with E-state index in [0.717, 1.165) is 10.1 Å². The molecule has 0 saturated carbocycles. The van der Waals surface area contributed by atoms with E-state index in [2.05, 4.69) is 20.4 Å². The Kier molecular flexibility index (Phi) is 5.85. The first-order valence-electron chi connectivity index (χ1n) is 9.78. The first-order valence-corrected chi connectivity index (χ1v) is 10.2. The topological polar surface area (TPSA) is 90.6 Å². The van der Waals surface area contributed by atoms with Gasteiger partial charge in [0.05, 0.1) is 11.4 Å². The van der Waals surface area contributed by atoms with Crippen molar-refractivity contribution in [2.24, 2.45) is 0 Å². The van der Waals surface area contributed by atoms with Crippen molar-refractivity contribution in [1.29, 1.82) is 0 Å². The molecule has 0 saturated heterocycles. The number of nitrogens with one attached hydrogen (secondary N) is 1. The van der Waals surface area contributed by atoms with E-state index in [1.165, 1.54) is 0 Å². The summed E-state index contributed by atoms with van der Waals surface area (Å²) in [6.07, 6.45) is -4.22. The van der Waals surface area contributed by atoms with Gasteiger partial charge in [-0.3, -0.25) is 4.79 Å². The molecule has 1 N–H and O–H groups in total. The average molecular weight is 470 g/mol. The largest absolute Gasteiger partial charge is 0.486 e. The Balaban J connectivity index is 1.42. The first kappa shape index (κ1) is 22.1. The minimum Gasteiger partial charge on any atom is -0.486 e. The monoisotopic (exact) mass is 469 g/mol. The molecule has 12 heteroatoms. The van der Waals surface area contributed by atoms with Crippen molar-refractivity contribution in [2.45, 2.75) is 32.9 Å². The number of hydrogen-bond donors (Lipinski definition) is 1. The molecule has 1 aliphatic heterocycles. The van der Waals surface area contributed by atoms with Crippen LogP contribution in [0, 0.1) is 13.8 Å². The number of amides is 1. The van der Waals surface area contributed by atoms with Gasteiger partial charge in [-0.25, -0.2) is 9.50 Å². The average Bonchev–Trinajstić information content (AvgIpc) is 3.16. The number of carbonyl (C=O) groups is 1. The number of halogens is 4. The second kappa shape index (κ2) is 8.45. The van der Waals surface area contributed by atoms with E-state index in [-0.39, 0.29) is 18.1 Å².